The molecule has 0 bridgehead atoms. The molecule has 1 saturated heterocycles. The van der Waals surface area contributed by atoms with Gasteiger partial charge in [-0.1, -0.05) is 81.4 Å². The van der Waals surface area contributed by atoms with E-state index in [0.29, 0.717) is 0 Å². The molecule has 0 aliphatic carbocycles. The molecule has 1 aliphatic heterocycles. The van der Waals surface area contributed by atoms with Gasteiger partial charge < -0.3 is 9.53 Å². The van der Waals surface area contributed by atoms with Crippen LogP contribution in [0.3, 0.4) is 0 Å². The third-order valence-corrected chi connectivity index (χ3v) is 14.5. The van der Waals surface area contributed by atoms with Crippen LogP contribution >= 0.6 is 23.5 Å². The van der Waals surface area contributed by atoms with Crippen LogP contribution in [0.4, 0.5) is 0 Å². The maximum absolute atomic E-state index is 11.1. The van der Waals surface area contributed by atoms with Gasteiger partial charge in [0.05, 0.1) is 16.3 Å². The molecule has 170 valence electrons. The highest BCUT2D eigenvalue weighted by atomic mass is 32.2. The summed E-state index contributed by atoms with van der Waals surface area (Å²) in [5.41, 5.74) is 2.27. The van der Waals surface area contributed by atoms with E-state index in [1.807, 2.05) is 53.9 Å². The standard InChI is InChI=1S/C26H38O2S2Si/c1-25(2,3)31(4,5)28-24(22-15-10-7-11-16-22)20-26(29-17-12-18-30-26)19-23(27)21-13-8-6-9-14-21/h6-11,13-16,23-24,27H,12,17-20H2,1-5H3/t23-,24-/m0/s1. The Morgan fingerprint density at radius 1 is 0.903 bits per heavy atom. The van der Waals surface area contributed by atoms with Crippen molar-refractivity contribution in [2.75, 3.05) is 11.5 Å². The van der Waals surface area contributed by atoms with E-state index >= 15 is 0 Å². The average Bonchev–Trinajstić information content (AvgIpc) is 2.74. The van der Waals surface area contributed by atoms with E-state index < -0.39 is 14.4 Å². The summed E-state index contributed by atoms with van der Waals surface area (Å²) in [5.74, 6) is 2.30. The molecule has 0 amide bonds. The van der Waals surface area contributed by atoms with Gasteiger partial charge in [-0.05, 0) is 47.2 Å². The molecule has 2 atom stereocenters. The topological polar surface area (TPSA) is 29.5 Å². The lowest BCUT2D eigenvalue weighted by molar-refractivity contribution is 0.137. The zero-order chi connectivity index (χ0) is 22.5. The number of aliphatic hydroxyl groups excluding tert-OH is 1. The number of aliphatic hydroxyl groups is 1. The highest BCUT2D eigenvalue weighted by Crippen LogP contribution is 2.54. The Hall–Kier alpha value is -0.723. The van der Waals surface area contributed by atoms with Gasteiger partial charge in [0.15, 0.2) is 8.32 Å². The largest absolute Gasteiger partial charge is 0.410 e. The van der Waals surface area contributed by atoms with Crippen molar-refractivity contribution in [1.29, 1.82) is 0 Å². The molecule has 0 aromatic heterocycles. The highest BCUT2D eigenvalue weighted by Gasteiger charge is 2.44. The minimum atomic E-state index is -1.95. The molecule has 0 saturated carbocycles. The van der Waals surface area contributed by atoms with Gasteiger partial charge in [-0.2, -0.15) is 0 Å². The van der Waals surface area contributed by atoms with Crippen LogP contribution in [0.2, 0.25) is 18.1 Å². The smallest absolute Gasteiger partial charge is 0.192 e. The monoisotopic (exact) mass is 474 g/mol. The molecule has 2 nitrogen and oxygen atoms in total. The normalized spacial score (nSPS) is 19.0. The number of hydrogen-bond donors (Lipinski definition) is 1. The number of thioether (sulfide) groups is 2. The Morgan fingerprint density at radius 3 is 1.94 bits per heavy atom. The lowest BCUT2D eigenvalue weighted by Crippen LogP contribution is -2.43. The van der Waals surface area contributed by atoms with E-state index in [2.05, 4.69) is 64.2 Å². The third-order valence-electron chi connectivity index (χ3n) is 6.62. The molecule has 1 aliphatic rings. The summed E-state index contributed by atoms with van der Waals surface area (Å²) in [6.45, 7) is 11.6. The van der Waals surface area contributed by atoms with Gasteiger partial charge in [0.1, 0.15) is 0 Å². The van der Waals surface area contributed by atoms with Gasteiger partial charge in [0, 0.05) is 12.8 Å². The first-order valence-electron chi connectivity index (χ1n) is 11.4. The Balaban J connectivity index is 1.89. The minimum Gasteiger partial charge on any atom is -0.410 e. The fraction of sp³-hybridized carbons (Fsp3) is 0.538. The average molecular weight is 475 g/mol. The van der Waals surface area contributed by atoms with Crippen LogP contribution in [0.15, 0.2) is 60.7 Å². The molecule has 5 heteroatoms. The van der Waals surface area contributed by atoms with Crippen molar-refractivity contribution in [1.82, 2.24) is 0 Å². The molecule has 2 aromatic rings. The van der Waals surface area contributed by atoms with Crippen molar-refractivity contribution in [2.24, 2.45) is 0 Å². The van der Waals surface area contributed by atoms with Crippen molar-refractivity contribution in [2.45, 2.75) is 74.5 Å². The Labute approximate surface area is 198 Å². The number of rotatable bonds is 8. The van der Waals surface area contributed by atoms with Crippen LogP contribution in [0, 0.1) is 0 Å². The number of benzene rings is 2. The molecule has 1 fully saturated rings. The van der Waals surface area contributed by atoms with Crippen LogP contribution in [0.5, 0.6) is 0 Å². The summed E-state index contributed by atoms with van der Waals surface area (Å²) in [7, 11) is -1.95. The SMILES string of the molecule is CC(C)(C)[Si](C)(C)O[C@@H](CC1(C[C@H](O)c2ccccc2)SCCCS1)c1ccccc1. The lowest BCUT2D eigenvalue weighted by atomic mass is 9.98. The molecule has 0 spiro atoms. The van der Waals surface area contributed by atoms with Crippen LogP contribution < -0.4 is 0 Å². The van der Waals surface area contributed by atoms with Crippen LogP contribution in [-0.2, 0) is 4.43 Å². The van der Waals surface area contributed by atoms with E-state index in [0.717, 1.165) is 29.9 Å². The summed E-state index contributed by atoms with van der Waals surface area (Å²) in [6.07, 6.45) is 2.49. The molecule has 3 rings (SSSR count). The zero-order valence-corrected chi connectivity index (χ0v) is 22.3. The number of hydrogen-bond acceptors (Lipinski definition) is 4. The molecular weight excluding hydrogens is 437 g/mol. The fourth-order valence-corrected chi connectivity index (χ4v) is 8.45. The molecule has 2 aromatic carbocycles. The summed E-state index contributed by atoms with van der Waals surface area (Å²) in [6, 6.07) is 20.8. The molecule has 0 unspecified atom stereocenters. The van der Waals surface area contributed by atoms with E-state index in [1.54, 1.807) is 0 Å². The predicted molar refractivity (Wildman–Crippen MR) is 140 cm³/mol. The summed E-state index contributed by atoms with van der Waals surface area (Å²) in [5, 5.41) is 11.3. The van der Waals surface area contributed by atoms with E-state index in [4.69, 9.17) is 4.43 Å². The van der Waals surface area contributed by atoms with Gasteiger partial charge in [-0.3, -0.25) is 0 Å². The maximum Gasteiger partial charge on any atom is 0.192 e. The third kappa shape index (κ3) is 6.64. The van der Waals surface area contributed by atoms with Crippen molar-refractivity contribution < 1.29 is 9.53 Å². The van der Waals surface area contributed by atoms with E-state index in [9.17, 15) is 5.11 Å². The minimum absolute atomic E-state index is 0.0446. The van der Waals surface area contributed by atoms with Crippen LogP contribution in [-0.4, -0.2) is 29.0 Å². The van der Waals surface area contributed by atoms with Gasteiger partial charge in [-0.25, -0.2) is 0 Å². The first-order chi connectivity index (χ1) is 14.6. The van der Waals surface area contributed by atoms with Crippen molar-refractivity contribution >= 4 is 31.8 Å². The first-order valence-corrected chi connectivity index (χ1v) is 16.2. The van der Waals surface area contributed by atoms with E-state index in [-0.39, 0.29) is 15.2 Å². The Kier molecular flexibility index (Phi) is 8.42. The van der Waals surface area contributed by atoms with Crippen molar-refractivity contribution in [3.8, 4) is 0 Å². The highest BCUT2D eigenvalue weighted by molar-refractivity contribution is 8.18. The van der Waals surface area contributed by atoms with Gasteiger partial charge in [-0.15, -0.1) is 23.5 Å². The Morgan fingerprint density at radius 2 is 1.42 bits per heavy atom. The molecular formula is C26H38O2S2Si. The Bertz CT molecular complexity index is 799. The zero-order valence-electron chi connectivity index (χ0n) is 19.6. The molecule has 1 heterocycles. The second-order valence-electron chi connectivity index (χ2n) is 10.1. The predicted octanol–water partition coefficient (Wildman–Crippen LogP) is 7.83. The van der Waals surface area contributed by atoms with Gasteiger partial charge in [0.25, 0.3) is 0 Å². The summed E-state index contributed by atoms with van der Waals surface area (Å²) in [4.78, 5) is 0. The van der Waals surface area contributed by atoms with Crippen LogP contribution in [0.25, 0.3) is 0 Å². The lowest BCUT2D eigenvalue weighted by Gasteiger charge is -2.44. The van der Waals surface area contributed by atoms with Crippen molar-refractivity contribution in [3.05, 3.63) is 71.8 Å². The second-order valence-corrected chi connectivity index (χ2v) is 18.0. The first kappa shape index (κ1) is 24.9. The second kappa shape index (κ2) is 10.5. The fourth-order valence-electron chi connectivity index (χ4n) is 3.73. The van der Waals surface area contributed by atoms with Crippen molar-refractivity contribution in [3.63, 3.8) is 0 Å². The summed E-state index contributed by atoms with van der Waals surface area (Å²) < 4.78 is 6.99. The molecule has 0 radical (unpaired) electrons. The quantitative estimate of drug-likeness (QED) is 0.395. The van der Waals surface area contributed by atoms with Crippen LogP contribution in [0.1, 0.15) is 63.4 Å². The van der Waals surface area contributed by atoms with Gasteiger partial charge >= 0.3 is 0 Å². The molecule has 1 N–H and O–H groups in total. The molecule has 31 heavy (non-hydrogen) atoms. The maximum atomic E-state index is 11.1. The van der Waals surface area contributed by atoms with E-state index in [1.165, 1.54) is 12.0 Å². The van der Waals surface area contributed by atoms with Gasteiger partial charge in [0.2, 0.25) is 0 Å². The summed E-state index contributed by atoms with van der Waals surface area (Å²) >= 11 is 4.06.